The van der Waals surface area contributed by atoms with Gasteiger partial charge < -0.3 is 5.73 Å². The molecule has 5 nitrogen and oxygen atoms in total. The molecule has 0 radical (unpaired) electrons. The molecule has 0 bridgehead atoms. The Balaban J connectivity index is 2.61. The van der Waals surface area contributed by atoms with Crippen molar-refractivity contribution in [2.75, 3.05) is 4.72 Å². The second-order valence-corrected chi connectivity index (χ2v) is 6.62. The van der Waals surface area contributed by atoms with Crippen molar-refractivity contribution >= 4 is 27.7 Å². The van der Waals surface area contributed by atoms with E-state index in [4.69, 9.17) is 5.73 Å². The van der Waals surface area contributed by atoms with E-state index >= 15 is 0 Å². The predicted octanol–water partition coefficient (Wildman–Crippen LogP) is 2.79. The van der Waals surface area contributed by atoms with E-state index in [9.17, 15) is 39.6 Å². The highest BCUT2D eigenvalue weighted by Crippen LogP contribution is 2.26. The van der Waals surface area contributed by atoms with Gasteiger partial charge >= 0.3 is 0 Å². The molecule has 27 heavy (non-hydrogen) atoms. The van der Waals surface area contributed by atoms with Gasteiger partial charge in [-0.05, 0) is 30.3 Å². The molecule has 0 heterocycles. The van der Waals surface area contributed by atoms with Crippen LogP contribution < -0.4 is 10.5 Å². The maximum atomic E-state index is 13.7. The van der Waals surface area contributed by atoms with Crippen molar-refractivity contribution in [3.05, 3.63) is 69.6 Å². The Morgan fingerprint density at radius 2 is 1.30 bits per heavy atom. The molecule has 2 rings (SSSR count). The van der Waals surface area contributed by atoms with Crippen LogP contribution in [-0.4, -0.2) is 14.3 Å². The number of primary amides is 1. The Morgan fingerprint density at radius 3 is 1.74 bits per heavy atom. The lowest BCUT2D eigenvalue weighted by Gasteiger charge is -2.10. The molecule has 2 aromatic carbocycles. The molecular formula is C15H8F6N2O3S. The second-order valence-electron chi connectivity index (χ2n) is 4.97. The summed E-state index contributed by atoms with van der Waals surface area (Å²) in [5.41, 5.74) is 2.92. The van der Waals surface area contributed by atoms with Gasteiger partial charge in [-0.15, -0.1) is 0 Å². The zero-order valence-electron chi connectivity index (χ0n) is 12.9. The van der Waals surface area contributed by atoms with Crippen LogP contribution in [0.1, 0.15) is 5.56 Å². The van der Waals surface area contributed by atoms with E-state index in [-0.39, 0.29) is 11.8 Å². The fourth-order valence-electron chi connectivity index (χ4n) is 1.89. The van der Waals surface area contributed by atoms with E-state index in [1.54, 1.807) is 4.72 Å². The van der Waals surface area contributed by atoms with Gasteiger partial charge in [-0.3, -0.25) is 9.52 Å². The number of sulfonamides is 1. The number of halogens is 6. The summed E-state index contributed by atoms with van der Waals surface area (Å²) in [5, 5.41) is 0. The van der Waals surface area contributed by atoms with Gasteiger partial charge in [0, 0.05) is 5.69 Å². The van der Waals surface area contributed by atoms with E-state index in [2.05, 4.69) is 0 Å². The zero-order valence-corrected chi connectivity index (χ0v) is 13.7. The van der Waals surface area contributed by atoms with Crippen LogP contribution in [0, 0.1) is 34.9 Å². The largest absolute Gasteiger partial charge is 0.365 e. The standard InChI is InChI=1S/C15H8F6N2O3S/c16-6-1-3-7(4-2-6)23-27(25,26)9(15(22)24)5-8-10(17)12(19)14(21)13(20)11(8)18/h1-5,23H,(H2,22,24)/b9-5-. The molecule has 0 atom stereocenters. The van der Waals surface area contributed by atoms with Crippen molar-refractivity contribution < 1.29 is 39.6 Å². The van der Waals surface area contributed by atoms with Crippen molar-refractivity contribution in [2.45, 2.75) is 0 Å². The normalized spacial score (nSPS) is 12.1. The molecule has 1 amide bonds. The third kappa shape index (κ3) is 4.05. The van der Waals surface area contributed by atoms with Crippen LogP contribution in [0.15, 0.2) is 29.2 Å². The van der Waals surface area contributed by atoms with Crippen LogP contribution in [0.5, 0.6) is 0 Å². The summed E-state index contributed by atoms with van der Waals surface area (Å²) in [6.45, 7) is 0. The quantitative estimate of drug-likeness (QED) is 0.344. The average Bonchev–Trinajstić information content (AvgIpc) is 2.59. The van der Waals surface area contributed by atoms with Gasteiger partial charge in [-0.2, -0.15) is 0 Å². The van der Waals surface area contributed by atoms with Gasteiger partial charge in [0.05, 0.1) is 5.56 Å². The van der Waals surface area contributed by atoms with E-state index in [0.717, 1.165) is 24.3 Å². The lowest BCUT2D eigenvalue weighted by atomic mass is 10.1. The summed E-state index contributed by atoms with van der Waals surface area (Å²) < 4.78 is 106. The molecule has 0 unspecified atom stereocenters. The molecule has 144 valence electrons. The first kappa shape index (κ1) is 20.3. The van der Waals surface area contributed by atoms with Gasteiger partial charge in [0.25, 0.3) is 15.9 Å². The summed E-state index contributed by atoms with van der Waals surface area (Å²) in [6.07, 6.45) is -0.0928. The number of anilines is 1. The summed E-state index contributed by atoms with van der Waals surface area (Å²) in [5.74, 6) is -14.3. The second kappa shape index (κ2) is 7.31. The molecule has 0 saturated heterocycles. The van der Waals surface area contributed by atoms with Crippen LogP contribution in [0.4, 0.5) is 32.0 Å². The first-order chi connectivity index (χ1) is 12.5. The summed E-state index contributed by atoms with van der Waals surface area (Å²) in [6, 6.07) is 3.61. The molecule has 0 spiro atoms. The predicted molar refractivity (Wildman–Crippen MR) is 82.3 cm³/mol. The number of benzene rings is 2. The highest BCUT2D eigenvalue weighted by molar-refractivity contribution is 7.97. The lowest BCUT2D eigenvalue weighted by Crippen LogP contribution is -2.26. The average molecular weight is 410 g/mol. The molecule has 3 N–H and O–H groups in total. The third-order valence-electron chi connectivity index (χ3n) is 3.15. The van der Waals surface area contributed by atoms with E-state index in [1.807, 2.05) is 0 Å². The number of hydrogen-bond donors (Lipinski definition) is 2. The smallest absolute Gasteiger partial charge is 0.267 e. The SMILES string of the molecule is NC(=O)/C(=C/c1c(F)c(F)c(F)c(F)c1F)S(=O)(=O)Nc1ccc(F)cc1. The van der Waals surface area contributed by atoms with Crippen LogP contribution in [0.3, 0.4) is 0 Å². The minimum absolute atomic E-state index is 0.0928. The minimum Gasteiger partial charge on any atom is -0.365 e. The van der Waals surface area contributed by atoms with Crippen molar-refractivity contribution in [1.82, 2.24) is 0 Å². The van der Waals surface area contributed by atoms with Gasteiger partial charge in [-0.25, -0.2) is 34.8 Å². The number of nitrogens with two attached hydrogens (primary N) is 1. The molecular weight excluding hydrogens is 402 g/mol. The van der Waals surface area contributed by atoms with Crippen molar-refractivity contribution in [1.29, 1.82) is 0 Å². The molecule has 0 aliphatic rings. The summed E-state index contributed by atoms with van der Waals surface area (Å²) in [4.78, 5) is 9.93. The Labute approximate surface area is 148 Å². The van der Waals surface area contributed by atoms with Crippen LogP contribution in [-0.2, 0) is 14.8 Å². The summed E-state index contributed by atoms with van der Waals surface area (Å²) in [7, 11) is -4.91. The summed E-state index contributed by atoms with van der Waals surface area (Å²) >= 11 is 0. The first-order valence-corrected chi connectivity index (χ1v) is 8.25. The molecule has 0 saturated carbocycles. The Hall–Kier alpha value is -3.02. The van der Waals surface area contributed by atoms with Gasteiger partial charge in [0.1, 0.15) is 5.82 Å². The third-order valence-corrected chi connectivity index (χ3v) is 4.55. The Kier molecular flexibility index (Phi) is 5.49. The highest BCUT2D eigenvalue weighted by Gasteiger charge is 2.29. The van der Waals surface area contributed by atoms with Crippen LogP contribution in [0.2, 0.25) is 0 Å². The van der Waals surface area contributed by atoms with Gasteiger partial charge in [-0.1, -0.05) is 0 Å². The monoisotopic (exact) mass is 410 g/mol. The van der Waals surface area contributed by atoms with Crippen molar-refractivity contribution in [2.24, 2.45) is 5.73 Å². The van der Waals surface area contributed by atoms with Gasteiger partial charge in [0.15, 0.2) is 28.2 Å². The van der Waals surface area contributed by atoms with E-state index in [1.165, 1.54) is 0 Å². The van der Waals surface area contributed by atoms with Crippen LogP contribution >= 0.6 is 0 Å². The topological polar surface area (TPSA) is 89.3 Å². The number of nitrogens with one attached hydrogen (secondary N) is 1. The maximum Gasteiger partial charge on any atom is 0.267 e. The Bertz CT molecular complexity index is 1020. The molecule has 0 aliphatic heterocycles. The fraction of sp³-hybridized carbons (Fsp3) is 0. The number of hydrogen-bond acceptors (Lipinski definition) is 3. The molecule has 0 aliphatic carbocycles. The number of amides is 1. The molecule has 12 heteroatoms. The van der Waals surface area contributed by atoms with Crippen molar-refractivity contribution in [3.63, 3.8) is 0 Å². The number of carbonyl (C=O) groups excluding carboxylic acids is 1. The fourth-order valence-corrected chi connectivity index (χ4v) is 2.98. The number of carbonyl (C=O) groups is 1. The number of rotatable bonds is 5. The zero-order chi connectivity index (χ0) is 20.5. The highest BCUT2D eigenvalue weighted by atomic mass is 32.2. The molecule has 0 fully saturated rings. The van der Waals surface area contributed by atoms with Gasteiger partial charge in [0.2, 0.25) is 5.82 Å². The molecule has 2 aromatic rings. The van der Waals surface area contributed by atoms with E-state index < -0.39 is 61.3 Å². The lowest BCUT2D eigenvalue weighted by molar-refractivity contribution is -0.113. The van der Waals surface area contributed by atoms with E-state index in [0.29, 0.717) is 0 Å². The minimum atomic E-state index is -4.91. The maximum absolute atomic E-state index is 13.7. The van der Waals surface area contributed by atoms with Crippen molar-refractivity contribution in [3.8, 4) is 0 Å². The van der Waals surface area contributed by atoms with Crippen LogP contribution in [0.25, 0.3) is 6.08 Å². The Morgan fingerprint density at radius 1 is 0.852 bits per heavy atom. The molecule has 0 aromatic heterocycles. The first-order valence-electron chi connectivity index (χ1n) is 6.77.